The molecular formula is C21H28N2O5S. The van der Waals surface area contributed by atoms with Crippen LogP contribution in [0.5, 0.6) is 11.5 Å². The molecule has 0 spiro atoms. The summed E-state index contributed by atoms with van der Waals surface area (Å²) >= 11 is 0. The summed E-state index contributed by atoms with van der Waals surface area (Å²) in [6.07, 6.45) is 1.49. The van der Waals surface area contributed by atoms with E-state index in [4.69, 9.17) is 9.47 Å². The molecule has 8 heteroatoms. The van der Waals surface area contributed by atoms with Crippen molar-refractivity contribution in [1.82, 2.24) is 10.0 Å². The maximum absolute atomic E-state index is 12.3. The molecule has 0 aliphatic heterocycles. The zero-order chi connectivity index (χ0) is 21.3. The number of aryl methyl sites for hydroxylation is 1. The van der Waals surface area contributed by atoms with E-state index < -0.39 is 10.0 Å². The van der Waals surface area contributed by atoms with Crippen LogP contribution >= 0.6 is 0 Å². The highest BCUT2D eigenvalue weighted by atomic mass is 32.2. The second-order valence-corrected chi connectivity index (χ2v) is 8.56. The minimum absolute atomic E-state index is 0.00785. The Hall–Kier alpha value is -2.58. The number of hydrogen-bond donors (Lipinski definition) is 2. The molecule has 1 atom stereocenters. The van der Waals surface area contributed by atoms with Crippen molar-refractivity contribution in [2.45, 2.75) is 25.8 Å². The van der Waals surface area contributed by atoms with Gasteiger partial charge >= 0.3 is 0 Å². The first kappa shape index (κ1) is 22.7. The number of hydrogen-bond acceptors (Lipinski definition) is 5. The van der Waals surface area contributed by atoms with Gasteiger partial charge < -0.3 is 14.8 Å². The molecule has 0 bridgehead atoms. The van der Waals surface area contributed by atoms with Crippen molar-refractivity contribution >= 4 is 15.9 Å². The number of carbonyl (C=O) groups excluding carboxylic acids is 1. The molecule has 29 heavy (non-hydrogen) atoms. The average Bonchev–Trinajstić information content (AvgIpc) is 2.71. The van der Waals surface area contributed by atoms with E-state index in [0.717, 1.165) is 6.42 Å². The molecule has 0 aliphatic carbocycles. The summed E-state index contributed by atoms with van der Waals surface area (Å²) in [6, 6.07) is 14.5. The Morgan fingerprint density at radius 1 is 1.03 bits per heavy atom. The van der Waals surface area contributed by atoms with Crippen molar-refractivity contribution in [2.75, 3.05) is 26.5 Å². The Balaban J connectivity index is 1.80. The van der Waals surface area contributed by atoms with E-state index >= 15 is 0 Å². The fourth-order valence-corrected chi connectivity index (χ4v) is 4.05. The van der Waals surface area contributed by atoms with Gasteiger partial charge in [-0.25, -0.2) is 13.1 Å². The number of rotatable bonds is 11. The number of carbonyl (C=O) groups is 1. The number of sulfonamides is 1. The Bertz CT molecular complexity index is 901. The summed E-state index contributed by atoms with van der Waals surface area (Å²) in [5.74, 6) is 0.377. The van der Waals surface area contributed by atoms with Gasteiger partial charge in [0.2, 0.25) is 10.0 Å². The van der Waals surface area contributed by atoms with Gasteiger partial charge in [0.25, 0.3) is 5.91 Å². The molecule has 0 aliphatic rings. The average molecular weight is 421 g/mol. The first-order chi connectivity index (χ1) is 13.8. The molecule has 0 aromatic heterocycles. The van der Waals surface area contributed by atoms with Crippen LogP contribution in [0, 0.1) is 0 Å². The highest BCUT2D eigenvalue weighted by molar-refractivity contribution is 7.89. The number of benzene rings is 2. The first-order valence-electron chi connectivity index (χ1n) is 9.39. The molecule has 0 radical (unpaired) electrons. The predicted molar refractivity (Wildman–Crippen MR) is 113 cm³/mol. The summed E-state index contributed by atoms with van der Waals surface area (Å²) in [6.45, 7) is 1.84. The van der Waals surface area contributed by atoms with E-state index in [9.17, 15) is 13.2 Å². The summed E-state index contributed by atoms with van der Waals surface area (Å²) in [5.41, 5.74) is 1.53. The summed E-state index contributed by atoms with van der Waals surface area (Å²) < 4.78 is 37.5. The minimum Gasteiger partial charge on any atom is -0.493 e. The lowest BCUT2D eigenvalue weighted by Crippen LogP contribution is -2.38. The van der Waals surface area contributed by atoms with Gasteiger partial charge in [-0.1, -0.05) is 30.3 Å². The van der Waals surface area contributed by atoms with E-state index in [-0.39, 0.29) is 24.2 Å². The fourth-order valence-electron chi connectivity index (χ4n) is 2.83. The second kappa shape index (κ2) is 10.8. The van der Waals surface area contributed by atoms with E-state index in [2.05, 4.69) is 10.0 Å². The van der Waals surface area contributed by atoms with Crippen LogP contribution in [0.15, 0.2) is 48.5 Å². The number of amides is 1. The quantitative estimate of drug-likeness (QED) is 0.582. The van der Waals surface area contributed by atoms with Crippen molar-refractivity contribution in [3.63, 3.8) is 0 Å². The van der Waals surface area contributed by atoms with Crippen LogP contribution < -0.4 is 19.5 Å². The number of ether oxygens (including phenoxy) is 2. The topological polar surface area (TPSA) is 93.7 Å². The Morgan fingerprint density at radius 3 is 2.38 bits per heavy atom. The van der Waals surface area contributed by atoms with Gasteiger partial charge in [0.15, 0.2) is 11.5 Å². The maximum Gasteiger partial charge on any atom is 0.251 e. The second-order valence-electron chi connectivity index (χ2n) is 6.69. The van der Waals surface area contributed by atoms with Gasteiger partial charge in [-0.2, -0.15) is 0 Å². The van der Waals surface area contributed by atoms with Crippen molar-refractivity contribution < 1.29 is 22.7 Å². The van der Waals surface area contributed by atoms with Crippen LogP contribution in [0.3, 0.4) is 0 Å². The third-order valence-corrected chi connectivity index (χ3v) is 5.89. The van der Waals surface area contributed by atoms with Crippen molar-refractivity contribution in [3.8, 4) is 11.5 Å². The van der Waals surface area contributed by atoms with E-state index in [1.165, 1.54) is 19.8 Å². The van der Waals surface area contributed by atoms with Crippen LogP contribution in [0.2, 0.25) is 0 Å². The van der Waals surface area contributed by atoms with Crippen LogP contribution in [0.25, 0.3) is 0 Å². The standard InChI is InChI=1S/C21H28N2O5S/c1-16(9-10-17-7-5-4-6-8-17)23-29(25,26)14-13-22-21(24)18-11-12-19(27-2)20(15-18)28-3/h4-8,11-12,15-16,23H,9-10,13-14H2,1-3H3,(H,22,24)/t16-/m0/s1. The zero-order valence-electron chi connectivity index (χ0n) is 17.0. The highest BCUT2D eigenvalue weighted by Crippen LogP contribution is 2.27. The van der Waals surface area contributed by atoms with Gasteiger partial charge in [0, 0.05) is 18.2 Å². The monoisotopic (exact) mass is 420 g/mol. The zero-order valence-corrected chi connectivity index (χ0v) is 17.8. The maximum atomic E-state index is 12.3. The third-order valence-electron chi connectivity index (χ3n) is 4.39. The van der Waals surface area contributed by atoms with Gasteiger partial charge in [-0.15, -0.1) is 0 Å². The molecule has 158 valence electrons. The molecule has 0 heterocycles. The summed E-state index contributed by atoms with van der Waals surface area (Å²) in [5, 5.41) is 2.62. The van der Waals surface area contributed by atoms with Gasteiger partial charge in [0.05, 0.1) is 20.0 Å². The van der Waals surface area contributed by atoms with Crippen molar-refractivity contribution in [1.29, 1.82) is 0 Å². The fraction of sp³-hybridized carbons (Fsp3) is 0.381. The molecule has 0 saturated carbocycles. The Kier molecular flexibility index (Phi) is 8.48. The lowest BCUT2D eigenvalue weighted by Gasteiger charge is -2.15. The summed E-state index contributed by atoms with van der Waals surface area (Å²) in [4.78, 5) is 12.3. The Labute approximate surface area is 172 Å². The van der Waals surface area contributed by atoms with E-state index in [0.29, 0.717) is 23.5 Å². The number of nitrogens with one attached hydrogen (secondary N) is 2. The molecule has 0 fully saturated rings. The molecule has 1 amide bonds. The lowest BCUT2D eigenvalue weighted by atomic mass is 10.1. The van der Waals surface area contributed by atoms with E-state index in [1.54, 1.807) is 18.2 Å². The molecule has 2 N–H and O–H groups in total. The highest BCUT2D eigenvalue weighted by Gasteiger charge is 2.16. The van der Waals surface area contributed by atoms with E-state index in [1.807, 2.05) is 37.3 Å². The summed E-state index contributed by atoms with van der Waals surface area (Å²) in [7, 11) is -0.503. The van der Waals surface area contributed by atoms with Crippen molar-refractivity contribution in [3.05, 3.63) is 59.7 Å². The van der Waals surface area contributed by atoms with Crippen LogP contribution in [0.1, 0.15) is 29.3 Å². The molecule has 2 aromatic carbocycles. The van der Waals surface area contributed by atoms with Crippen LogP contribution in [0.4, 0.5) is 0 Å². The largest absolute Gasteiger partial charge is 0.493 e. The lowest BCUT2D eigenvalue weighted by molar-refractivity contribution is 0.0955. The smallest absolute Gasteiger partial charge is 0.251 e. The normalized spacial score (nSPS) is 12.2. The molecular weight excluding hydrogens is 392 g/mol. The molecule has 0 saturated heterocycles. The molecule has 2 aromatic rings. The SMILES string of the molecule is COc1ccc(C(=O)NCCS(=O)(=O)N[C@@H](C)CCc2ccccc2)cc1OC. The first-order valence-corrected chi connectivity index (χ1v) is 11.0. The molecule has 2 rings (SSSR count). The van der Waals surface area contributed by atoms with Crippen LogP contribution in [-0.4, -0.2) is 46.9 Å². The van der Waals surface area contributed by atoms with Gasteiger partial charge in [-0.05, 0) is 43.5 Å². The molecule has 0 unspecified atom stereocenters. The predicted octanol–water partition coefficient (Wildman–Crippen LogP) is 2.37. The van der Waals surface area contributed by atoms with Crippen molar-refractivity contribution in [2.24, 2.45) is 0 Å². The van der Waals surface area contributed by atoms with Crippen LogP contribution in [-0.2, 0) is 16.4 Å². The van der Waals surface area contributed by atoms with Gasteiger partial charge in [0.1, 0.15) is 0 Å². The molecule has 7 nitrogen and oxygen atoms in total. The minimum atomic E-state index is -3.50. The number of methoxy groups -OCH3 is 2. The third kappa shape index (κ3) is 7.40. The van der Waals surface area contributed by atoms with Gasteiger partial charge in [-0.3, -0.25) is 4.79 Å². The Morgan fingerprint density at radius 2 is 1.72 bits per heavy atom.